The molecule has 0 bridgehead atoms. The van der Waals surface area contributed by atoms with Crippen molar-refractivity contribution in [1.82, 2.24) is 10.3 Å². The molecule has 0 saturated heterocycles. The normalized spacial score (nSPS) is 11.1. The lowest BCUT2D eigenvalue weighted by Crippen LogP contribution is -2.20. The minimum Gasteiger partial charge on any atom is -0.380 e. The molecule has 0 fully saturated rings. The number of thiazole rings is 1. The van der Waals surface area contributed by atoms with Crippen LogP contribution in [-0.4, -0.2) is 24.7 Å². The van der Waals surface area contributed by atoms with Crippen LogP contribution in [0.2, 0.25) is 0 Å². The van der Waals surface area contributed by atoms with E-state index in [1.54, 1.807) is 0 Å². The molecule has 0 amide bonds. The molecule has 0 spiro atoms. The Morgan fingerprint density at radius 1 is 1.60 bits per heavy atom. The van der Waals surface area contributed by atoms with E-state index in [-0.39, 0.29) is 4.87 Å². The van der Waals surface area contributed by atoms with Gasteiger partial charge in [0.1, 0.15) is 0 Å². The second kappa shape index (κ2) is 6.76. The van der Waals surface area contributed by atoms with Gasteiger partial charge in [0.2, 0.25) is 0 Å². The number of aromatic nitrogens is 1. The van der Waals surface area contributed by atoms with E-state index in [2.05, 4.69) is 24.1 Å². The van der Waals surface area contributed by atoms with E-state index >= 15 is 0 Å². The number of H-pyrrole nitrogens is 1. The van der Waals surface area contributed by atoms with E-state index in [9.17, 15) is 4.79 Å². The molecule has 0 aliphatic rings. The zero-order valence-electron chi connectivity index (χ0n) is 9.21. The van der Waals surface area contributed by atoms with Crippen LogP contribution in [0.5, 0.6) is 0 Å². The lowest BCUT2D eigenvalue weighted by Gasteiger charge is -2.07. The van der Waals surface area contributed by atoms with Gasteiger partial charge in [-0.2, -0.15) is 0 Å². The first-order valence-corrected chi connectivity index (χ1v) is 6.01. The molecule has 0 unspecified atom stereocenters. The summed E-state index contributed by atoms with van der Waals surface area (Å²) in [5, 5.41) is 5.04. The summed E-state index contributed by atoms with van der Waals surface area (Å²) in [4.78, 5) is 13.6. The predicted octanol–water partition coefficient (Wildman–Crippen LogP) is 1.20. The van der Waals surface area contributed by atoms with Gasteiger partial charge in [0, 0.05) is 30.8 Å². The number of hydrogen-bond acceptors (Lipinski definition) is 4. The van der Waals surface area contributed by atoms with E-state index in [1.807, 2.05) is 5.38 Å². The number of hydrogen-bond donors (Lipinski definition) is 2. The van der Waals surface area contributed by atoms with Crippen molar-refractivity contribution < 1.29 is 4.74 Å². The van der Waals surface area contributed by atoms with Crippen molar-refractivity contribution in [3.8, 4) is 0 Å². The fraction of sp³-hybridized carbons (Fsp3) is 0.700. The van der Waals surface area contributed by atoms with E-state index in [1.165, 1.54) is 11.3 Å². The molecule has 15 heavy (non-hydrogen) atoms. The molecule has 0 aliphatic heterocycles. The van der Waals surface area contributed by atoms with Crippen LogP contribution >= 0.6 is 11.3 Å². The van der Waals surface area contributed by atoms with Gasteiger partial charge in [-0.25, -0.2) is 0 Å². The molecule has 5 heteroatoms. The zero-order valence-corrected chi connectivity index (χ0v) is 10.0. The Balaban J connectivity index is 2.00. The molecule has 1 rings (SSSR count). The van der Waals surface area contributed by atoms with Crippen LogP contribution in [0.15, 0.2) is 10.2 Å². The van der Waals surface area contributed by atoms with E-state index in [0.29, 0.717) is 19.1 Å². The number of nitrogens with one attached hydrogen (secondary N) is 2. The van der Waals surface area contributed by atoms with Crippen LogP contribution < -0.4 is 10.2 Å². The van der Waals surface area contributed by atoms with Crippen LogP contribution in [0, 0.1) is 5.92 Å². The van der Waals surface area contributed by atoms with Crippen molar-refractivity contribution in [3.63, 3.8) is 0 Å². The molecule has 2 N–H and O–H groups in total. The van der Waals surface area contributed by atoms with E-state index < -0.39 is 0 Å². The van der Waals surface area contributed by atoms with Crippen LogP contribution in [0.1, 0.15) is 19.5 Å². The number of ether oxygens (including phenoxy) is 1. The van der Waals surface area contributed by atoms with Gasteiger partial charge in [-0.3, -0.25) is 4.79 Å². The highest BCUT2D eigenvalue weighted by Crippen LogP contribution is 1.94. The molecule has 86 valence electrons. The summed E-state index contributed by atoms with van der Waals surface area (Å²) in [5.74, 6) is 0.582. The number of rotatable bonds is 7. The number of aromatic amines is 1. The van der Waals surface area contributed by atoms with Crippen LogP contribution in [0.4, 0.5) is 0 Å². The first kappa shape index (κ1) is 12.4. The van der Waals surface area contributed by atoms with Gasteiger partial charge in [0.05, 0.1) is 6.61 Å². The summed E-state index contributed by atoms with van der Waals surface area (Å²) < 4.78 is 5.41. The second-order valence-corrected chi connectivity index (χ2v) is 4.66. The van der Waals surface area contributed by atoms with Crippen LogP contribution in [-0.2, 0) is 11.3 Å². The van der Waals surface area contributed by atoms with Crippen LogP contribution in [0.3, 0.4) is 0 Å². The fourth-order valence-corrected chi connectivity index (χ4v) is 1.67. The second-order valence-electron chi connectivity index (χ2n) is 3.82. The van der Waals surface area contributed by atoms with Crippen molar-refractivity contribution in [2.75, 3.05) is 19.8 Å². The summed E-state index contributed by atoms with van der Waals surface area (Å²) >= 11 is 1.19. The standard InChI is InChI=1S/C10H18N2O2S/c1-8(2)6-14-4-3-11-5-9-7-15-10(13)12-9/h7-8,11H,3-6H2,1-2H3,(H,12,13). The van der Waals surface area contributed by atoms with Gasteiger partial charge in [-0.15, -0.1) is 0 Å². The molecule has 1 aromatic rings. The Morgan fingerprint density at radius 2 is 2.40 bits per heavy atom. The third-order valence-corrected chi connectivity index (χ3v) is 2.48. The molecule has 0 aliphatic carbocycles. The predicted molar refractivity (Wildman–Crippen MR) is 62.3 cm³/mol. The minimum absolute atomic E-state index is 0.00265. The third-order valence-electron chi connectivity index (χ3n) is 1.76. The topological polar surface area (TPSA) is 54.1 Å². The average molecular weight is 230 g/mol. The Morgan fingerprint density at radius 3 is 3.00 bits per heavy atom. The molecule has 1 aromatic heterocycles. The first-order valence-electron chi connectivity index (χ1n) is 5.13. The van der Waals surface area contributed by atoms with E-state index in [0.717, 1.165) is 18.8 Å². The third kappa shape index (κ3) is 5.71. The van der Waals surface area contributed by atoms with Crippen molar-refractivity contribution in [2.24, 2.45) is 5.92 Å². The molecular weight excluding hydrogens is 212 g/mol. The van der Waals surface area contributed by atoms with Crippen LogP contribution in [0.25, 0.3) is 0 Å². The highest BCUT2D eigenvalue weighted by molar-refractivity contribution is 7.07. The Bertz CT molecular complexity index is 319. The van der Waals surface area contributed by atoms with Gasteiger partial charge < -0.3 is 15.0 Å². The Kier molecular flexibility index (Phi) is 5.60. The molecule has 0 radical (unpaired) electrons. The quantitative estimate of drug-likeness (QED) is 0.692. The monoisotopic (exact) mass is 230 g/mol. The van der Waals surface area contributed by atoms with Gasteiger partial charge in [0.15, 0.2) is 0 Å². The van der Waals surface area contributed by atoms with Gasteiger partial charge in [0.25, 0.3) is 0 Å². The maximum Gasteiger partial charge on any atom is 0.304 e. The van der Waals surface area contributed by atoms with Gasteiger partial charge in [-0.1, -0.05) is 25.2 Å². The molecule has 4 nitrogen and oxygen atoms in total. The smallest absolute Gasteiger partial charge is 0.304 e. The molecular formula is C10H18N2O2S. The van der Waals surface area contributed by atoms with Crippen molar-refractivity contribution in [3.05, 3.63) is 20.7 Å². The summed E-state index contributed by atoms with van der Waals surface area (Å²) in [6, 6.07) is 0. The minimum atomic E-state index is 0.00265. The summed E-state index contributed by atoms with van der Waals surface area (Å²) in [7, 11) is 0. The Hall–Kier alpha value is -0.650. The highest BCUT2D eigenvalue weighted by atomic mass is 32.1. The molecule has 0 atom stereocenters. The highest BCUT2D eigenvalue weighted by Gasteiger charge is 1.96. The first-order chi connectivity index (χ1) is 7.18. The van der Waals surface area contributed by atoms with Gasteiger partial charge >= 0.3 is 4.87 Å². The fourth-order valence-electron chi connectivity index (χ4n) is 1.09. The summed E-state index contributed by atoms with van der Waals surface area (Å²) in [5.41, 5.74) is 0.939. The largest absolute Gasteiger partial charge is 0.380 e. The summed E-state index contributed by atoms with van der Waals surface area (Å²) in [6.45, 7) is 7.28. The van der Waals surface area contributed by atoms with Crippen molar-refractivity contribution in [1.29, 1.82) is 0 Å². The van der Waals surface area contributed by atoms with Crippen molar-refractivity contribution >= 4 is 11.3 Å². The van der Waals surface area contributed by atoms with Gasteiger partial charge in [-0.05, 0) is 5.92 Å². The summed E-state index contributed by atoms with van der Waals surface area (Å²) in [6.07, 6.45) is 0. The lowest BCUT2D eigenvalue weighted by molar-refractivity contribution is 0.111. The Labute approximate surface area is 93.7 Å². The SMILES string of the molecule is CC(C)COCCNCc1csc(=O)[nH]1. The maximum absolute atomic E-state index is 10.8. The molecule has 0 saturated carbocycles. The maximum atomic E-state index is 10.8. The van der Waals surface area contributed by atoms with E-state index in [4.69, 9.17) is 4.74 Å². The van der Waals surface area contributed by atoms with Crippen molar-refractivity contribution in [2.45, 2.75) is 20.4 Å². The molecule has 0 aromatic carbocycles. The lowest BCUT2D eigenvalue weighted by atomic mass is 10.2. The average Bonchev–Trinajstić information content (AvgIpc) is 2.57. The molecule has 1 heterocycles. The zero-order chi connectivity index (χ0) is 11.1.